The van der Waals surface area contributed by atoms with Gasteiger partial charge in [-0.05, 0) is 30.9 Å². The van der Waals surface area contributed by atoms with Crippen LogP contribution in [0, 0.1) is 16.0 Å². The van der Waals surface area contributed by atoms with E-state index in [1.807, 2.05) is 0 Å². The monoisotopic (exact) mass is 304 g/mol. The first-order chi connectivity index (χ1) is 9.88. The third kappa shape index (κ3) is 4.07. The zero-order valence-corrected chi connectivity index (χ0v) is 11.2. The number of nitrogens with one attached hydrogen (secondary N) is 1. The molecule has 0 aliphatic carbocycles. The molecule has 1 fully saturated rings. The molecule has 1 heterocycles. The van der Waals surface area contributed by atoms with E-state index in [1.54, 1.807) is 0 Å². The Morgan fingerprint density at radius 2 is 2.19 bits per heavy atom. The van der Waals surface area contributed by atoms with Crippen molar-refractivity contribution >= 4 is 11.4 Å². The summed E-state index contributed by atoms with van der Waals surface area (Å²) < 4.78 is 43.8. The fourth-order valence-corrected chi connectivity index (χ4v) is 2.26. The molecule has 0 saturated carbocycles. The predicted octanol–water partition coefficient (Wildman–Crippen LogP) is 3.45. The minimum absolute atomic E-state index is 0.221. The fourth-order valence-electron chi connectivity index (χ4n) is 2.26. The Bertz CT molecular complexity index is 514. The van der Waals surface area contributed by atoms with E-state index in [0.717, 1.165) is 25.0 Å². The average Bonchev–Trinajstić information content (AvgIpc) is 2.45. The van der Waals surface area contributed by atoms with Crippen LogP contribution in [0.25, 0.3) is 0 Å². The SMILES string of the molecule is O=[N+]([O-])c1ccc(NCC2CCCOC2)cc1C(F)(F)F. The van der Waals surface area contributed by atoms with Crippen molar-refractivity contribution in [2.45, 2.75) is 19.0 Å². The lowest BCUT2D eigenvalue weighted by Crippen LogP contribution is -2.24. The molecule has 1 aromatic rings. The van der Waals surface area contributed by atoms with Crippen molar-refractivity contribution in [3.05, 3.63) is 33.9 Å². The normalized spacial score (nSPS) is 19.3. The zero-order valence-electron chi connectivity index (χ0n) is 11.2. The van der Waals surface area contributed by atoms with Crippen molar-refractivity contribution in [2.75, 3.05) is 25.1 Å². The van der Waals surface area contributed by atoms with E-state index in [9.17, 15) is 23.3 Å². The molecule has 21 heavy (non-hydrogen) atoms. The summed E-state index contributed by atoms with van der Waals surface area (Å²) in [6, 6.07) is 2.95. The fraction of sp³-hybridized carbons (Fsp3) is 0.538. The highest BCUT2D eigenvalue weighted by Gasteiger charge is 2.38. The number of nitro benzene ring substituents is 1. The summed E-state index contributed by atoms with van der Waals surface area (Å²) in [5.74, 6) is 0.239. The first kappa shape index (κ1) is 15.6. The van der Waals surface area contributed by atoms with Gasteiger partial charge in [-0.1, -0.05) is 0 Å². The number of nitro groups is 1. The van der Waals surface area contributed by atoms with Crippen LogP contribution in [0.4, 0.5) is 24.5 Å². The van der Waals surface area contributed by atoms with Gasteiger partial charge in [0.15, 0.2) is 0 Å². The van der Waals surface area contributed by atoms with Crippen LogP contribution in [0.15, 0.2) is 18.2 Å². The number of alkyl halides is 3. The quantitative estimate of drug-likeness (QED) is 0.683. The van der Waals surface area contributed by atoms with Gasteiger partial charge in [0, 0.05) is 24.9 Å². The molecule has 0 spiro atoms. The minimum atomic E-state index is -4.76. The Morgan fingerprint density at radius 1 is 1.43 bits per heavy atom. The lowest BCUT2D eigenvalue weighted by molar-refractivity contribution is -0.388. The molecular formula is C13H15F3N2O3. The van der Waals surface area contributed by atoms with Crippen molar-refractivity contribution in [1.29, 1.82) is 0 Å². The van der Waals surface area contributed by atoms with Crippen LogP contribution >= 0.6 is 0 Å². The standard InChI is InChI=1S/C13H15F3N2O3/c14-13(15,16)11-6-10(3-4-12(11)18(19)20)17-7-9-2-1-5-21-8-9/h3-4,6,9,17H,1-2,5,7-8H2. The van der Waals surface area contributed by atoms with Gasteiger partial charge in [-0.15, -0.1) is 0 Å². The molecule has 0 amide bonds. The first-order valence-electron chi connectivity index (χ1n) is 6.55. The maximum atomic E-state index is 12.8. The summed E-state index contributed by atoms with van der Waals surface area (Å²) >= 11 is 0. The van der Waals surface area contributed by atoms with E-state index in [4.69, 9.17) is 4.74 Å². The number of nitrogens with zero attached hydrogens (tertiary/aromatic N) is 1. The molecule has 0 radical (unpaired) electrons. The molecule has 2 rings (SSSR count). The number of hydrogen-bond donors (Lipinski definition) is 1. The third-order valence-corrected chi connectivity index (χ3v) is 3.35. The first-order valence-corrected chi connectivity index (χ1v) is 6.55. The van der Waals surface area contributed by atoms with E-state index in [0.29, 0.717) is 19.8 Å². The average molecular weight is 304 g/mol. The highest BCUT2D eigenvalue weighted by Crippen LogP contribution is 2.37. The molecule has 1 aliphatic heterocycles. The highest BCUT2D eigenvalue weighted by atomic mass is 19.4. The molecule has 1 unspecified atom stereocenters. The van der Waals surface area contributed by atoms with Crippen LogP contribution in [-0.2, 0) is 10.9 Å². The van der Waals surface area contributed by atoms with Gasteiger partial charge in [0.1, 0.15) is 5.56 Å². The predicted molar refractivity (Wildman–Crippen MR) is 70.1 cm³/mol. The second-order valence-corrected chi connectivity index (χ2v) is 4.95. The Hall–Kier alpha value is -1.83. The molecule has 1 saturated heterocycles. The lowest BCUT2D eigenvalue weighted by Gasteiger charge is -2.22. The molecular weight excluding hydrogens is 289 g/mol. The zero-order chi connectivity index (χ0) is 15.5. The van der Waals surface area contributed by atoms with Crippen molar-refractivity contribution in [2.24, 2.45) is 5.92 Å². The Morgan fingerprint density at radius 3 is 2.76 bits per heavy atom. The number of ether oxygens (including phenoxy) is 1. The summed E-state index contributed by atoms with van der Waals surface area (Å²) in [6.07, 6.45) is -2.87. The third-order valence-electron chi connectivity index (χ3n) is 3.35. The van der Waals surface area contributed by atoms with Crippen LogP contribution in [0.5, 0.6) is 0 Å². The Balaban J connectivity index is 2.11. The summed E-state index contributed by atoms with van der Waals surface area (Å²) in [6.45, 7) is 1.77. The van der Waals surface area contributed by atoms with Gasteiger partial charge < -0.3 is 10.1 Å². The van der Waals surface area contributed by atoms with Crippen LogP contribution in [0.1, 0.15) is 18.4 Å². The largest absolute Gasteiger partial charge is 0.423 e. The van der Waals surface area contributed by atoms with Gasteiger partial charge in [0.2, 0.25) is 0 Å². The molecule has 1 atom stereocenters. The second kappa shape index (κ2) is 6.30. The summed E-state index contributed by atoms with van der Waals surface area (Å²) in [7, 11) is 0. The van der Waals surface area contributed by atoms with Gasteiger partial charge in [-0.25, -0.2) is 0 Å². The molecule has 5 nitrogen and oxygen atoms in total. The minimum Gasteiger partial charge on any atom is -0.385 e. The van der Waals surface area contributed by atoms with Crippen molar-refractivity contribution < 1.29 is 22.8 Å². The summed E-state index contributed by atoms with van der Waals surface area (Å²) in [5.41, 5.74) is -1.95. The van der Waals surface area contributed by atoms with E-state index in [1.165, 1.54) is 6.07 Å². The molecule has 0 bridgehead atoms. The molecule has 1 aromatic carbocycles. The van der Waals surface area contributed by atoms with Gasteiger partial charge in [0.05, 0.1) is 11.5 Å². The molecule has 1 aliphatic rings. The summed E-state index contributed by atoms with van der Waals surface area (Å²) in [4.78, 5) is 9.63. The Kier molecular flexibility index (Phi) is 4.66. The number of rotatable bonds is 4. The van der Waals surface area contributed by atoms with E-state index in [2.05, 4.69) is 5.32 Å². The topological polar surface area (TPSA) is 64.4 Å². The Labute approximate surface area is 119 Å². The van der Waals surface area contributed by atoms with Crippen LogP contribution in [-0.4, -0.2) is 24.7 Å². The second-order valence-electron chi connectivity index (χ2n) is 4.95. The van der Waals surface area contributed by atoms with Crippen molar-refractivity contribution in [3.63, 3.8) is 0 Å². The molecule has 8 heteroatoms. The van der Waals surface area contributed by atoms with Crippen molar-refractivity contribution in [3.8, 4) is 0 Å². The highest BCUT2D eigenvalue weighted by molar-refractivity contribution is 5.55. The van der Waals surface area contributed by atoms with E-state index < -0.39 is 22.4 Å². The lowest BCUT2D eigenvalue weighted by atomic mass is 10.0. The van der Waals surface area contributed by atoms with E-state index >= 15 is 0 Å². The maximum Gasteiger partial charge on any atom is 0.423 e. The van der Waals surface area contributed by atoms with Crippen LogP contribution in [0.3, 0.4) is 0 Å². The van der Waals surface area contributed by atoms with Crippen molar-refractivity contribution in [1.82, 2.24) is 0 Å². The van der Waals surface area contributed by atoms with Gasteiger partial charge >= 0.3 is 6.18 Å². The maximum absolute atomic E-state index is 12.8. The molecule has 1 N–H and O–H groups in total. The number of benzene rings is 1. The number of hydrogen-bond acceptors (Lipinski definition) is 4. The number of halogens is 3. The van der Waals surface area contributed by atoms with Gasteiger partial charge in [-0.2, -0.15) is 13.2 Å². The van der Waals surface area contributed by atoms with Gasteiger partial charge in [0.25, 0.3) is 5.69 Å². The van der Waals surface area contributed by atoms with E-state index in [-0.39, 0.29) is 11.6 Å². The molecule has 0 aromatic heterocycles. The molecule has 116 valence electrons. The number of anilines is 1. The van der Waals surface area contributed by atoms with Gasteiger partial charge in [-0.3, -0.25) is 10.1 Å². The summed E-state index contributed by atoms with van der Waals surface area (Å²) in [5, 5.41) is 13.5. The smallest absolute Gasteiger partial charge is 0.385 e. The van der Waals surface area contributed by atoms with Crippen LogP contribution in [0.2, 0.25) is 0 Å². The van der Waals surface area contributed by atoms with Crippen LogP contribution < -0.4 is 5.32 Å².